The van der Waals surface area contributed by atoms with Gasteiger partial charge >= 0.3 is 0 Å². The van der Waals surface area contributed by atoms with Gasteiger partial charge in [-0.2, -0.15) is 0 Å². The van der Waals surface area contributed by atoms with Crippen LogP contribution in [-0.2, 0) is 5.54 Å². The van der Waals surface area contributed by atoms with Gasteiger partial charge in [-0.3, -0.25) is 0 Å². The van der Waals surface area contributed by atoms with Crippen LogP contribution < -0.4 is 16.0 Å². The van der Waals surface area contributed by atoms with Crippen LogP contribution in [0.5, 0.6) is 0 Å². The number of aromatic amines is 1. The molecule has 36 heavy (non-hydrogen) atoms. The Kier molecular flexibility index (Phi) is 5.99. The highest BCUT2D eigenvalue weighted by molar-refractivity contribution is 7.99. The largest absolute Gasteiger partial charge is 0.372 e. The SMILES string of the molecule is CN(C)CCSc1ccccc1C12C=c3ccc([nH]3)=CC3=NC(=CC4=NC(=CC(=CC1)N2)C=C4)C=C3. The second-order valence-electron chi connectivity index (χ2n) is 9.64. The van der Waals surface area contributed by atoms with E-state index in [1.807, 2.05) is 36.1 Å². The Balaban J connectivity index is 1.47. The van der Waals surface area contributed by atoms with E-state index in [-0.39, 0.29) is 5.54 Å². The van der Waals surface area contributed by atoms with E-state index < -0.39 is 0 Å². The standard InChI is InChI=1S/C30H29N5S/c1-35(2)15-16-36-29-6-4-3-5-28(29)30-14-13-26(34-30)19-25-10-9-22(32-25)17-21-7-8-23(31-21)18-24-11-12-27(20-30)33-24/h3-13,17-20,33-34H,14-16H2,1-2H3. The molecule has 0 fully saturated rings. The number of hydrogen-bond donors (Lipinski definition) is 2. The molecule has 1 unspecified atom stereocenters. The summed E-state index contributed by atoms with van der Waals surface area (Å²) < 4.78 is 0. The lowest BCUT2D eigenvalue weighted by atomic mass is 9.88. The molecule has 180 valence electrons. The fourth-order valence-electron chi connectivity index (χ4n) is 4.82. The van der Waals surface area contributed by atoms with Crippen LogP contribution in [0.2, 0.25) is 0 Å². The Hall–Kier alpha value is -3.61. The smallest absolute Gasteiger partial charge is 0.0878 e. The molecule has 0 saturated heterocycles. The highest BCUT2D eigenvalue weighted by Crippen LogP contribution is 2.39. The Morgan fingerprint density at radius 3 is 2.47 bits per heavy atom. The molecule has 4 aliphatic heterocycles. The van der Waals surface area contributed by atoms with Crippen LogP contribution in [0.25, 0.3) is 12.2 Å². The van der Waals surface area contributed by atoms with Crippen molar-refractivity contribution in [1.29, 1.82) is 0 Å². The number of fused-ring (bicyclic) bond motifs is 6. The number of rotatable bonds is 5. The number of aliphatic imine (C=N–C) groups is 2. The maximum absolute atomic E-state index is 4.81. The predicted molar refractivity (Wildman–Crippen MR) is 152 cm³/mol. The lowest BCUT2D eigenvalue weighted by molar-refractivity contribution is 0.437. The number of aromatic nitrogens is 1. The minimum Gasteiger partial charge on any atom is -0.372 e. The zero-order chi connectivity index (χ0) is 24.5. The van der Waals surface area contributed by atoms with Gasteiger partial charge in [-0.05, 0) is 92.9 Å². The summed E-state index contributed by atoms with van der Waals surface area (Å²) in [6.07, 6.45) is 19.9. The molecule has 0 aliphatic carbocycles. The summed E-state index contributed by atoms with van der Waals surface area (Å²) in [7, 11) is 4.25. The lowest BCUT2D eigenvalue weighted by Crippen LogP contribution is -2.37. The van der Waals surface area contributed by atoms with Crippen molar-refractivity contribution in [3.63, 3.8) is 0 Å². The van der Waals surface area contributed by atoms with Gasteiger partial charge in [0.25, 0.3) is 0 Å². The first kappa shape index (κ1) is 22.8. The molecule has 2 N–H and O–H groups in total. The molecule has 0 spiro atoms. The van der Waals surface area contributed by atoms with E-state index in [2.05, 4.69) is 96.1 Å². The monoisotopic (exact) mass is 491 g/mol. The Labute approximate surface area is 215 Å². The number of nitrogens with zero attached hydrogens (tertiary/aromatic N) is 3. The van der Waals surface area contributed by atoms with E-state index in [0.717, 1.165) is 57.9 Å². The highest BCUT2D eigenvalue weighted by atomic mass is 32.2. The van der Waals surface area contributed by atoms with Crippen molar-refractivity contribution < 1.29 is 0 Å². The molecule has 6 heteroatoms. The van der Waals surface area contributed by atoms with Crippen molar-refractivity contribution in [2.24, 2.45) is 9.98 Å². The number of H-pyrrole nitrogens is 1. The molecule has 5 nitrogen and oxygen atoms in total. The molecule has 0 saturated carbocycles. The van der Waals surface area contributed by atoms with E-state index in [1.165, 1.54) is 10.5 Å². The fraction of sp³-hybridized carbons (Fsp3) is 0.200. The van der Waals surface area contributed by atoms with E-state index in [0.29, 0.717) is 0 Å². The summed E-state index contributed by atoms with van der Waals surface area (Å²) in [6.45, 7) is 1.04. The third-order valence-corrected chi connectivity index (χ3v) is 7.63. The van der Waals surface area contributed by atoms with Crippen molar-refractivity contribution in [2.75, 3.05) is 26.4 Å². The molecule has 4 aliphatic rings. The minimum atomic E-state index is -0.361. The van der Waals surface area contributed by atoms with E-state index in [1.54, 1.807) is 0 Å². The number of hydrogen-bond acceptors (Lipinski definition) is 5. The van der Waals surface area contributed by atoms with Crippen LogP contribution in [0.3, 0.4) is 0 Å². The van der Waals surface area contributed by atoms with Crippen LogP contribution in [0, 0.1) is 0 Å². The maximum Gasteiger partial charge on any atom is 0.0878 e. The summed E-state index contributed by atoms with van der Waals surface area (Å²) in [5.74, 6) is 1.04. The maximum atomic E-state index is 4.81. The third-order valence-electron chi connectivity index (χ3n) is 6.58. The minimum absolute atomic E-state index is 0.361. The summed E-state index contributed by atoms with van der Waals surface area (Å²) in [5, 5.41) is 5.99. The zero-order valence-electron chi connectivity index (χ0n) is 20.5. The number of thioether (sulfide) groups is 1. The van der Waals surface area contributed by atoms with Gasteiger partial charge < -0.3 is 15.2 Å². The molecule has 0 amide bonds. The molecular formula is C30H29N5S. The van der Waals surface area contributed by atoms with Crippen molar-refractivity contribution in [3.05, 3.63) is 112 Å². The Morgan fingerprint density at radius 1 is 0.889 bits per heavy atom. The molecular weight excluding hydrogens is 462 g/mol. The molecule has 1 atom stereocenters. The summed E-state index contributed by atoms with van der Waals surface area (Å²) in [5.41, 5.74) is 5.72. The Morgan fingerprint density at radius 2 is 1.64 bits per heavy atom. The highest BCUT2D eigenvalue weighted by Gasteiger charge is 2.35. The number of nitrogens with one attached hydrogen (secondary N) is 2. The quantitative estimate of drug-likeness (QED) is 0.626. The van der Waals surface area contributed by atoms with Crippen molar-refractivity contribution in [3.8, 4) is 0 Å². The van der Waals surface area contributed by atoms with Crippen molar-refractivity contribution in [2.45, 2.75) is 16.9 Å². The summed E-state index contributed by atoms with van der Waals surface area (Å²) in [6, 6.07) is 13.1. The average molecular weight is 492 g/mol. The first-order valence-electron chi connectivity index (χ1n) is 12.3. The van der Waals surface area contributed by atoms with E-state index in [9.17, 15) is 0 Å². The third kappa shape index (κ3) is 4.74. The second-order valence-corrected chi connectivity index (χ2v) is 10.8. The van der Waals surface area contributed by atoms with Gasteiger partial charge in [0.05, 0.1) is 28.4 Å². The number of benzene rings is 1. The van der Waals surface area contributed by atoms with Gasteiger partial charge in [0.1, 0.15) is 0 Å². The average Bonchev–Trinajstić information content (AvgIpc) is 3.65. The van der Waals surface area contributed by atoms with E-state index >= 15 is 0 Å². The molecule has 8 bridgehead atoms. The predicted octanol–water partition coefficient (Wildman–Crippen LogP) is 3.81. The summed E-state index contributed by atoms with van der Waals surface area (Å²) >= 11 is 1.92. The molecule has 6 rings (SSSR count). The molecule has 5 heterocycles. The molecule has 0 radical (unpaired) electrons. The van der Waals surface area contributed by atoms with Crippen LogP contribution in [0.1, 0.15) is 12.0 Å². The molecule has 1 aromatic carbocycles. The molecule has 2 aromatic rings. The van der Waals surface area contributed by atoms with Crippen LogP contribution in [0.4, 0.5) is 0 Å². The van der Waals surface area contributed by atoms with Crippen LogP contribution >= 0.6 is 11.8 Å². The lowest BCUT2D eigenvalue weighted by Gasteiger charge is -2.30. The zero-order valence-corrected chi connectivity index (χ0v) is 21.3. The van der Waals surface area contributed by atoms with Crippen LogP contribution in [-0.4, -0.2) is 47.7 Å². The van der Waals surface area contributed by atoms with Gasteiger partial charge in [0.15, 0.2) is 0 Å². The van der Waals surface area contributed by atoms with Crippen molar-refractivity contribution in [1.82, 2.24) is 15.2 Å². The summed E-state index contributed by atoms with van der Waals surface area (Å²) in [4.78, 5) is 16.7. The van der Waals surface area contributed by atoms with Gasteiger partial charge in [0, 0.05) is 33.6 Å². The van der Waals surface area contributed by atoms with Gasteiger partial charge in [-0.25, -0.2) is 9.98 Å². The van der Waals surface area contributed by atoms with Crippen molar-refractivity contribution >= 4 is 35.3 Å². The molecule has 1 aromatic heterocycles. The topological polar surface area (TPSA) is 55.8 Å². The van der Waals surface area contributed by atoms with E-state index in [4.69, 9.17) is 9.98 Å². The number of allylic oxidation sites excluding steroid dienone is 6. The van der Waals surface area contributed by atoms with Gasteiger partial charge in [-0.15, -0.1) is 11.8 Å². The second kappa shape index (κ2) is 9.45. The first-order valence-corrected chi connectivity index (χ1v) is 13.3. The fourth-order valence-corrected chi connectivity index (χ4v) is 6.08. The van der Waals surface area contributed by atoms with Gasteiger partial charge in [0.2, 0.25) is 0 Å². The van der Waals surface area contributed by atoms with Gasteiger partial charge in [-0.1, -0.05) is 24.3 Å². The Bertz CT molecular complexity index is 1540. The van der Waals surface area contributed by atoms with Crippen LogP contribution in [0.15, 0.2) is 111 Å². The normalized spacial score (nSPS) is 21.8. The first-order chi connectivity index (χ1) is 17.5.